The third-order valence-electron chi connectivity index (χ3n) is 3.09. The van der Waals surface area contributed by atoms with Gasteiger partial charge in [-0.15, -0.1) is 11.6 Å². The van der Waals surface area contributed by atoms with Crippen molar-refractivity contribution >= 4 is 22.6 Å². The number of halogens is 2. The van der Waals surface area contributed by atoms with Gasteiger partial charge in [-0.2, -0.15) is 0 Å². The number of benzene rings is 2. The van der Waals surface area contributed by atoms with E-state index < -0.39 is 0 Å². The van der Waals surface area contributed by atoms with Gasteiger partial charge < -0.3 is 0 Å². The largest absolute Gasteiger partial charge is 0.292 e. The highest BCUT2D eigenvalue weighted by Gasteiger charge is 2.14. The summed E-state index contributed by atoms with van der Waals surface area (Å²) in [6, 6.07) is 12.7. The standard InChI is InChI=1S/C15H12ClFN2/c1-10-6-7-11(17)14(8-10)19-13-5-3-2-4-12(13)18-15(19)9-16/h2-8H,9H2,1H3. The van der Waals surface area contributed by atoms with Gasteiger partial charge in [-0.3, -0.25) is 4.57 Å². The molecule has 3 aromatic rings. The molecule has 3 rings (SSSR count). The number of aryl methyl sites for hydroxylation is 1. The highest BCUT2D eigenvalue weighted by Crippen LogP contribution is 2.25. The predicted molar refractivity (Wildman–Crippen MR) is 75.3 cm³/mol. The molecule has 0 saturated heterocycles. The Morgan fingerprint density at radius 3 is 2.79 bits per heavy atom. The molecule has 2 aromatic carbocycles. The lowest BCUT2D eigenvalue weighted by molar-refractivity contribution is 0.617. The average molecular weight is 275 g/mol. The number of aromatic nitrogens is 2. The lowest BCUT2D eigenvalue weighted by atomic mass is 10.2. The second kappa shape index (κ2) is 4.67. The van der Waals surface area contributed by atoms with Crippen LogP contribution in [0.4, 0.5) is 4.39 Å². The maximum absolute atomic E-state index is 14.1. The maximum atomic E-state index is 14.1. The number of hydrogen-bond acceptors (Lipinski definition) is 1. The molecule has 0 saturated carbocycles. The van der Waals surface area contributed by atoms with Crippen molar-refractivity contribution in [2.75, 3.05) is 0 Å². The van der Waals surface area contributed by atoms with Gasteiger partial charge in [-0.05, 0) is 36.8 Å². The number of alkyl halides is 1. The smallest absolute Gasteiger partial charge is 0.147 e. The molecule has 0 unspecified atom stereocenters. The Kier molecular flexibility index (Phi) is 2.99. The van der Waals surface area contributed by atoms with E-state index in [9.17, 15) is 4.39 Å². The molecule has 0 atom stereocenters. The van der Waals surface area contributed by atoms with Crippen molar-refractivity contribution in [2.24, 2.45) is 0 Å². The summed E-state index contributed by atoms with van der Waals surface area (Å²) in [5.74, 6) is 0.606. The Labute approximate surface area is 115 Å². The molecule has 0 amide bonds. The number of rotatable bonds is 2. The van der Waals surface area contributed by atoms with Gasteiger partial charge in [0.05, 0.1) is 22.6 Å². The molecule has 0 fully saturated rings. The summed E-state index contributed by atoms with van der Waals surface area (Å²) in [4.78, 5) is 4.44. The van der Waals surface area contributed by atoms with Crippen LogP contribution in [0.5, 0.6) is 0 Å². The molecule has 2 nitrogen and oxygen atoms in total. The number of imidazole rings is 1. The van der Waals surface area contributed by atoms with Crippen LogP contribution in [0, 0.1) is 12.7 Å². The Hall–Kier alpha value is -1.87. The van der Waals surface area contributed by atoms with Crippen molar-refractivity contribution < 1.29 is 4.39 Å². The van der Waals surface area contributed by atoms with Gasteiger partial charge in [-0.25, -0.2) is 9.37 Å². The lowest BCUT2D eigenvalue weighted by Crippen LogP contribution is -2.02. The Balaban J connectivity index is 2.37. The summed E-state index contributed by atoms with van der Waals surface area (Å²) >= 11 is 5.94. The molecule has 19 heavy (non-hydrogen) atoms. The zero-order valence-corrected chi connectivity index (χ0v) is 11.2. The molecule has 0 N–H and O–H groups in total. The van der Waals surface area contributed by atoms with Crippen LogP contribution in [0.3, 0.4) is 0 Å². The zero-order chi connectivity index (χ0) is 13.4. The van der Waals surface area contributed by atoms with Gasteiger partial charge >= 0.3 is 0 Å². The number of fused-ring (bicyclic) bond motifs is 1. The minimum atomic E-state index is -0.278. The van der Waals surface area contributed by atoms with E-state index in [1.54, 1.807) is 16.7 Å². The number of hydrogen-bond donors (Lipinski definition) is 0. The third kappa shape index (κ3) is 2.00. The molecule has 0 aliphatic carbocycles. The monoisotopic (exact) mass is 274 g/mol. The maximum Gasteiger partial charge on any atom is 0.147 e. The average Bonchev–Trinajstić information content (AvgIpc) is 2.80. The summed E-state index contributed by atoms with van der Waals surface area (Å²) < 4.78 is 15.9. The van der Waals surface area contributed by atoms with Crippen molar-refractivity contribution in [3.8, 4) is 5.69 Å². The molecule has 0 aliphatic heterocycles. The second-order valence-electron chi connectivity index (χ2n) is 4.44. The summed E-state index contributed by atoms with van der Waals surface area (Å²) in [5.41, 5.74) is 3.17. The van der Waals surface area contributed by atoms with Crippen molar-refractivity contribution in [1.82, 2.24) is 9.55 Å². The van der Waals surface area contributed by atoms with E-state index in [-0.39, 0.29) is 11.7 Å². The van der Waals surface area contributed by atoms with Crippen LogP contribution in [0.25, 0.3) is 16.7 Å². The van der Waals surface area contributed by atoms with Crippen molar-refractivity contribution in [1.29, 1.82) is 0 Å². The van der Waals surface area contributed by atoms with Gasteiger partial charge in [-0.1, -0.05) is 18.2 Å². The van der Waals surface area contributed by atoms with Crippen LogP contribution in [-0.2, 0) is 5.88 Å². The van der Waals surface area contributed by atoms with Crippen molar-refractivity contribution in [3.63, 3.8) is 0 Å². The number of para-hydroxylation sites is 2. The van der Waals surface area contributed by atoms with Crippen LogP contribution in [0.15, 0.2) is 42.5 Å². The molecule has 0 bridgehead atoms. The highest BCUT2D eigenvalue weighted by molar-refractivity contribution is 6.17. The topological polar surface area (TPSA) is 17.8 Å². The molecule has 4 heteroatoms. The van der Waals surface area contributed by atoms with E-state index in [1.165, 1.54) is 6.07 Å². The van der Waals surface area contributed by atoms with Crippen LogP contribution < -0.4 is 0 Å². The fourth-order valence-corrected chi connectivity index (χ4v) is 2.41. The molecule has 0 radical (unpaired) electrons. The van der Waals surface area contributed by atoms with Gasteiger partial charge in [0.2, 0.25) is 0 Å². The van der Waals surface area contributed by atoms with E-state index in [0.717, 1.165) is 16.6 Å². The lowest BCUT2D eigenvalue weighted by Gasteiger charge is -2.09. The van der Waals surface area contributed by atoms with Crippen LogP contribution in [0.1, 0.15) is 11.4 Å². The fraction of sp³-hybridized carbons (Fsp3) is 0.133. The predicted octanol–water partition coefficient (Wildman–Crippen LogP) is 4.21. The summed E-state index contributed by atoms with van der Waals surface area (Å²) in [7, 11) is 0. The summed E-state index contributed by atoms with van der Waals surface area (Å²) in [6.45, 7) is 1.93. The minimum absolute atomic E-state index is 0.238. The van der Waals surface area contributed by atoms with Crippen molar-refractivity contribution in [2.45, 2.75) is 12.8 Å². The van der Waals surface area contributed by atoms with Gasteiger partial charge in [0.1, 0.15) is 11.6 Å². The summed E-state index contributed by atoms with van der Waals surface area (Å²) in [6.07, 6.45) is 0. The second-order valence-corrected chi connectivity index (χ2v) is 4.71. The van der Waals surface area contributed by atoms with Crippen LogP contribution >= 0.6 is 11.6 Å². The van der Waals surface area contributed by atoms with Crippen LogP contribution in [0.2, 0.25) is 0 Å². The Morgan fingerprint density at radius 1 is 1.21 bits per heavy atom. The normalized spacial score (nSPS) is 11.1. The first kappa shape index (κ1) is 12.2. The SMILES string of the molecule is Cc1ccc(F)c(-n2c(CCl)nc3ccccc32)c1. The molecule has 96 valence electrons. The first-order chi connectivity index (χ1) is 9.20. The van der Waals surface area contributed by atoms with E-state index in [2.05, 4.69) is 4.98 Å². The van der Waals surface area contributed by atoms with E-state index in [0.29, 0.717) is 11.5 Å². The molecular formula is C15H12ClFN2. The quantitative estimate of drug-likeness (QED) is 0.640. The first-order valence-electron chi connectivity index (χ1n) is 5.99. The Morgan fingerprint density at radius 2 is 2.00 bits per heavy atom. The molecule has 1 aromatic heterocycles. The minimum Gasteiger partial charge on any atom is -0.292 e. The van der Waals surface area contributed by atoms with E-state index >= 15 is 0 Å². The molecule has 0 spiro atoms. The molecule has 0 aliphatic rings. The summed E-state index contributed by atoms with van der Waals surface area (Å²) in [5, 5.41) is 0. The highest BCUT2D eigenvalue weighted by atomic mass is 35.5. The van der Waals surface area contributed by atoms with Crippen LogP contribution in [-0.4, -0.2) is 9.55 Å². The fourth-order valence-electron chi connectivity index (χ4n) is 2.23. The van der Waals surface area contributed by atoms with E-state index in [4.69, 9.17) is 11.6 Å². The first-order valence-corrected chi connectivity index (χ1v) is 6.53. The molecular weight excluding hydrogens is 263 g/mol. The molecule has 1 heterocycles. The van der Waals surface area contributed by atoms with Gasteiger partial charge in [0.15, 0.2) is 0 Å². The van der Waals surface area contributed by atoms with Gasteiger partial charge in [0, 0.05) is 0 Å². The van der Waals surface area contributed by atoms with Crippen molar-refractivity contribution in [3.05, 3.63) is 59.7 Å². The van der Waals surface area contributed by atoms with E-state index in [1.807, 2.05) is 31.2 Å². The number of nitrogens with zero attached hydrogens (tertiary/aromatic N) is 2. The third-order valence-corrected chi connectivity index (χ3v) is 3.33. The Bertz CT molecular complexity index is 749. The van der Waals surface area contributed by atoms with Gasteiger partial charge in [0.25, 0.3) is 0 Å². The zero-order valence-electron chi connectivity index (χ0n) is 10.4.